The third kappa shape index (κ3) is 3.39. The highest BCUT2D eigenvalue weighted by molar-refractivity contribution is 7.91. The Morgan fingerprint density at radius 3 is 2.50 bits per heavy atom. The number of alkyl halides is 2. The SMILES string of the molecule is CC(CO)CNc1ccccc1S(=O)(=O)C(F)F. The number of nitrogens with one attached hydrogen (secondary N) is 1. The molecule has 102 valence electrons. The van der Waals surface area contributed by atoms with Crippen LogP contribution in [0.1, 0.15) is 6.92 Å². The highest BCUT2D eigenvalue weighted by atomic mass is 32.2. The number of rotatable bonds is 6. The first-order valence-electron chi connectivity index (χ1n) is 5.35. The van der Waals surface area contributed by atoms with Crippen molar-refractivity contribution in [3.8, 4) is 0 Å². The maximum atomic E-state index is 12.5. The molecule has 0 aliphatic heterocycles. The minimum absolute atomic E-state index is 0.0727. The van der Waals surface area contributed by atoms with Gasteiger partial charge in [0.25, 0.3) is 0 Å². The van der Waals surface area contributed by atoms with Gasteiger partial charge in [-0.05, 0) is 18.1 Å². The van der Waals surface area contributed by atoms with Crippen LogP contribution in [0.2, 0.25) is 0 Å². The fourth-order valence-electron chi connectivity index (χ4n) is 1.31. The lowest BCUT2D eigenvalue weighted by Gasteiger charge is -2.14. The molecule has 7 heteroatoms. The van der Waals surface area contributed by atoms with Crippen LogP contribution in [0.15, 0.2) is 29.2 Å². The minimum Gasteiger partial charge on any atom is -0.396 e. The second-order valence-corrected chi connectivity index (χ2v) is 5.86. The largest absolute Gasteiger partial charge is 0.396 e. The number of sulfone groups is 1. The zero-order valence-corrected chi connectivity index (χ0v) is 10.6. The van der Waals surface area contributed by atoms with Crippen LogP contribution < -0.4 is 5.32 Å². The van der Waals surface area contributed by atoms with Crippen LogP contribution in [0, 0.1) is 5.92 Å². The number of halogens is 2. The Morgan fingerprint density at radius 2 is 1.94 bits per heavy atom. The van der Waals surface area contributed by atoms with E-state index in [0.29, 0.717) is 6.54 Å². The van der Waals surface area contributed by atoms with E-state index in [4.69, 9.17) is 5.11 Å². The zero-order chi connectivity index (χ0) is 13.8. The number of aliphatic hydroxyl groups is 1. The third-order valence-electron chi connectivity index (χ3n) is 2.38. The monoisotopic (exact) mass is 279 g/mol. The summed E-state index contributed by atoms with van der Waals surface area (Å²) in [5.74, 6) is -3.55. The van der Waals surface area contributed by atoms with Gasteiger partial charge < -0.3 is 10.4 Å². The van der Waals surface area contributed by atoms with Crippen molar-refractivity contribution < 1.29 is 22.3 Å². The molecule has 0 aliphatic rings. The second kappa shape index (κ2) is 6.10. The summed E-state index contributed by atoms with van der Waals surface area (Å²) in [5, 5.41) is 11.6. The van der Waals surface area contributed by atoms with E-state index in [1.165, 1.54) is 12.1 Å². The Balaban J connectivity index is 3.01. The van der Waals surface area contributed by atoms with Crippen molar-refractivity contribution in [3.05, 3.63) is 24.3 Å². The summed E-state index contributed by atoms with van der Waals surface area (Å²) >= 11 is 0. The second-order valence-electron chi connectivity index (χ2n) is 3.97. The molecule has 0 saturated heterocycles. The zero-order valence-electron chi connectivity index (χ0n) is 9.81. The van der Waals surface area contributed by atoms with E-state index >= 15 is 0 Å². The van der Waals surface area contributed by atoms with E-state index in [0.717, 1.165) is 6.07 Å². The smallest absolute Gasteiger partial charge is 0.341 e. The van der Waals surface area contributed by atoms with Crippen LogP contribution in [0.4, 0.5) is 14.5 Å². The van der Waals surface area contributed by atoms with E-state index in [1.54, 1.807) is 13.0 Å². The van der Waals surface area contributed by atoms with Crippen molar-refractivity contribution in [2.24, 2.45) is 5.92 Å². The molecule has 0 heterocycles. The molecule has 0 fully saturated rings. The molecule has 0 bridgehead atoms. The van der Waals surface area contributed by atoms with Crippen molar-refractivity contribution in [2.75, 3.05) is 18.5 Å². The third-order valence-corrected chi connectivity index (χ3v) is 3.82. The van der Waals surface area contributed by atoms with E-state index < -0.39 is 20.5 Å². The molecular formula is C11H15F2NO3S. The summed E-state index contributed by atoms with van der Waals surface area (Å²) in [7, 11) is -4.62. The van der Waals surface area contributed by atoms with E-state index in [-0.39, 0.29) is 18.2 Å². The van der Waals surface area contributed by atoms with Gasteiger partial charge in [-0.1, -0.05) is 19.1 Å². The molecule has 18 heavy (non-hydrogen) atoms. The molecule has 1 atom stereocenters. The summed E-state index contributed by atoms with van der Waals surface area (Å²) in [6.07, 6.45) is 0. The summed E-state index contributed by atoms with van der Waals surface area (Å²) in [5.41, 5.74) is 0.123. The average Bonchev–Trinajstić information content (AvgIpc) is 2.35. The Kier molecular flexibility index (Phi) is 5.03. The van der Waals surface area contributed by atoms with Gasteiger partial charge in [-0.3, -0.25) is 0 Å². The van der Waals surface area contributed by atoms with Gasteiger partial charge in [0.2, 0.25) is 9.84 Å². The number of anilines is 1. The average molecular weight is 279 g/mol. The summed E-state index contributed by atoms with van der Waals surface area (Å²) in [4.78, 5) is -0.426. The molecule has 0 saturated carbocycles. The van der Waals surface area contributed by atoms with Gasteiger partial charge in [-0.15, -0.1) is 0 Å². The summed E-state index contributed by atoms with van der Waals surface area (Å²) in [6, 6.07) is 5.49. The van der Waals surface area contributed by atoms with Crippen LogP contribution in [0.25, 0.3) is 0 Å². The fourth-order valence-corrected chi connectivity index (χ4v) is 2.21. The first-order chi connectivity index (χ1) is 8.39. The molecule has 0 spiro atoms. The number of hydrogen-bond acceptors (Lipinski definition) is 4. The van der Waals surface area contributed by atoms with E-state index in [2.05, 4.69) is 5.32 Å². The predicted octanol–water partition coefficient (Wildman–Crippen LogP) is 1.72. The normalized spacial score (nSPS) is 13.6. The predicted molar refractivity (Wildman–Crippen MR) is 64.4 cm³/mol. The van der Waals surface area contributed by atoms with E-state index in [9.17, 15) is 17.2 Å². The molecular weight excluding hydrogens is 264 g/mol. The fraction of sp³-hybridized carbons (Fsp3) is 0.455. The highest BCUT2D eigenvalue weighted by Gasteiger charge is 2.28. The Bertz CT molecular complexity index is 491. The quantitative estimate of drug-likeness (QED) is 0.832. The molecule has 2 N–H and O–H groups in total. The van der Waals surface area contributed by atoms with Crippen LogP contribution >= 0.6 is 0 Å². The van der Waals surface area contributed by atoms with Gasteiger partial charge in [0, 0.05) is 13.2 Å². The molecule has 0 radical (unpaired) electrons. The van der Waals surface area contributed by atoms with Gasteiger partial charge in [-0.25, -0.2) is 8.42 Å². The number of para-hydroxylation sites is 1. The van der Waals surface area contributed by atoms with Gasteiger partial charge in [-0.2, -0.15) is 8.78 Å². The first-order valence-corrected chi connectivity index (χ1v) is 6.90. The number of benzene rings is 1. The van der Waals surface area contributed by atoms with Crippen molar-refractivity contribution in [2.45, 2.75) is 17.6 Å². The Labute approximate surface area is 105 Å². The maximum absolute atomic E-state index is 12.5. The first kappa shape index (κ1) is 14.8. The van der Waals surface area contributed by atoms with Crippen molar-refractivity contribution >= 4 is 15.5 Å². The molecule has 0 aromatic heterocycles. The lowest BCUT2D eigenvalue weighted by Crippen LogP contribution is -2.18. The number of aliphatic hydroxyl groups excluding tert-OH is 1. The van der Waals surface area contributed by atoms with Crippen molar-refractivity contribution in [1.29, 1.82) is 0 Å². The van der Waals surface area contributed by atoms with Crippen molar-refractivity contribution in [1.82, 2.24) is 0 Å². The Hall–Kier alpha value is -1.21. The lowest BCUT2D eigenvalue weighted by atomic mass is 10.2. The van der Waals surface area contributed by atoms with Crippen molar-refractivity contribution in [3.63, 3.8) is 0 Å². The molecule has 1 aromatic carbocycles. The lowest BCUT2D eigenvalue weighted by molar-refractivity contribution is 0.234. The van der Waals surface area contributed by atoms with Crippen LogP contribution in [-0.2, 0) is 9.84 Å². The van der Waals surface area contributed by atoms with Gasteiger partial charge >= 0.3 is 5.76 Å². The molecule has 1 unspecified atom stereocenters. The highest BCUT2D eigenvalue weighted by Crippen LogP contribution is 2.26. The maximum Gasteiger partial charge on any atom is 0.341 e. The van der Waals surface area contributed by atoms with Crippen LogP contribution in [0.3, 0.4) is 0 Å². The summed E-state index contributed by atoms with van der Waals surface area (Å²) in [6.45, 7) is 1.97. The van der Waals surface area contributed by atoms with Gasteiger partial charge in [0.05, 0.1) is 10.6 Å². The molecule has 4 nitrogen and oxygen atoms in total. The summed E-state index contributed by atoms with van der Waals surface area (Å²) < 4.78 is 47.8. The van der Waals surface area contributed by atoms with Gasteiger partial charge in [0.15, 0.2) is 0 Å². The molecule has 0 amide bonds. The topological polar surface area (TPSA) is 66.4 Å². The standard InChI is InChI=1S/C11H15F2NO3S/c1-8(7-15)6-14-9-4-2-3-5-10(9)18(16,17)11(12)13/h2-5,8,11,14-15H,6-7H2,1H3. The van der Waals surface area contributed by atoms with Crippen LogP contribution in [-0.4, -0.2) is 32.4 Å². The molecule has 0 aliphatic carbocycles. The molecule has 1 aromatic rings. The Morgan fingerprint density at radius 1 is 1.33 bits per heavy atom. The minimum atomic E-state index is -4.62. The number of hydrogen-bond donors (Lipinski definition) is 2. The van der Waals surface area contributed by atoms with E-state index in [1.807, 2.05) is 0 Å². The molecule has 1 rings (SSSR count). The van der Waals surface area contributed by atoms with Gasteiger partial charge in [0.1, 0.15) is 0 Å². The van der Waals surface area contributed by atoms with Crippen LogP contribution in [0.5, 0.6) is 0 Å².